The lowest BCUT2D eigenvalue weighted by Crippen LogP contribution is -2.42. The summed E-state index contributed by atoms with van der Waals surface area (Å²) in [5.41, 5.74) is 1.32. The molecular weight excluding hydrogens is 270 g/mol. The predicted molar refractivity (Wildman–Crippen MR) is 77.0 cm³/mol. The van der Waals surface area contributed by atoms with Crippen molar-refractivity contribution >= 4 is 11.7 Å². The Hall–Kier alpha value is -2.41. The van der Waals surface area contributed by atoms with Crippen LogP contribution in [0.4, 0.5) is 5.82 Å². The van der Waals surface area contributed by atoms with Crippen molar-refractivity contribution in [2.75, 3.05) is 32.1 Å². The highest BCUT2D eigenvalue weighted by atomic mass is 16.5. The van der Waals surface area contributed by atoms with Crippen molar-refractivity contribution in [1.29, 1.82) is 0 Å². The largest absolute Gasteiger partial charge is 0.373 e. The highest BCUT2D eigenvalue weighted by Gasteiger charge is 2.27. The number of pyridine rings is 1. The average molecular weight is 287 g/mol. The highest BCUT2D eigenvalue weighted by Crippen LogP contribution is 2.22. The number of morpholine rings is 1. The van der Waals surface area contributed by atoms with Crippen molar-refractivity contribution in [1.82, 2.24) is 19.9 Å². The van der Waals surface area contributed by atoms with Crippen LogP contribution in [0.5, 0.6) is 0 Å². The molecule has 0 saturated carbocycles. The summed E-state index contributed by atoms with van der Waals surface area (Å²) in [5, 5.41) is 3.00. The van der Waals surface area contributed by atoms with Crippen molar-refractivity contribution in [2.45, 2.75) is 6.10 Å². The van der Waals surface area contributed by atoms with E-state index in [1.807, 2.05) is 25.2 Å². The van der Waals surface area contributed by atoms with E-state index in [1.165, 1.54) is 12.5 Å². The van der Waals surface area contributed by atoms with Gasteiger partial charge in [0.2, 0.25) is 0 Å². The maximum atomic E-state index is 12.3. The molecule has 3 rings (SSSR count). The summed E-state index contributed by atoms with van der Waals surface area (Å²) in [7, 11) is 1.82. The molecule has 1 atom stereocenters. The first-order valence-electron chi connectivity index (χ1n) is 6.82. The van der Waals surface area contributed by atoms with Crippen molar-refractivity contribution in [3.05, 3.63) is 42.1 Å². The van der Waals surface area contributed by atoms with E-state index in [9.17, 15) is 4.79 Å². The summed E-state index contributed by atoms with van der Waals surface area (Å²) in [6.45, 7) is 1.55. The number of aromatic amines is 1. The first kappa shape index (κ1) is 13.6. The molecular formula is C14H17N5O2. The third-order valence-electron chi connectivity index (χ3n) is 3.44. The molecule has 0 unspecified atom stereocenters. The van der Waals surface area contributed by atoms with Crippen LogP contribution in [0.2, 0.25) is 0 Å². The van der Waals surface area contributed by atoms with Crippen LogP contribution in [-0.2, 0) is 4.74 Å². The third kappa shape index (κ3) is 2.87. The maximum absolute atomic E-state index is 12.3. The summed E-state index contributed by atoms with van der Waals surface area (Å²) in [6, 6.07) is 5.72. The van der Waals surface area contributed by atoms with Gasteiger partial charge in [0, 0.05) is 13.6 Å². The highest BCUT2D eigenvalue weighted by molar-refractivity contribution is 5.92. The molecule has 2 N–H and O–H groups in total. The SMILES string of the molecule is CNc1cccc([C@H]2CN(C(=O)c3cnc[nH]3)CCO2)n1. The number of carbonyl (C=O) groups excluding carboxylic acids is 1. The van der Waals surface area contributed by atoms with Gasteiger partial charge in [0.25, 0.3) is 5.91 Å². The van der Waals surface area contributed by atoms with E-state index in [1.54, 1.807) is 4.90 Å². The van der Waals surface area contributed by atoms with Gasteiger partial charge in [-0.2, -0.15) is 0 Å². The molecule has 2 aromatic heterocycles. The molecule has 1 aliphatic rings. The number of hydrogen-bond donors (Lipinski definition) is 2. The Labute approximate surface area is 122 Å². The molecule has 1 saturated heterocycles. The van der Waals surface area contributed by atoms with Crippen molar-refractivity contribution in [2.24, 2.45) is 0 Å². The molecule has 1 amide bonds. The molecule has 1 aliphatic heterocycles. The van der Waals surface area contributed by atoms with Gasteiger partial charge in [-0.25, -0.2) is 9.97 Å². The van der Waals surface area contributed by atoms with Gasteiger partial charge in [0.1, 0.15) is 17.6 Å². The Morgan fingerprint density at radius 3 is 3.19 bits per heavy atom. The summed E-state index contributed by atoms with van der Waals surface area (Å²) >= 11 is 0. The minimum absolute atomic E-state index is 0.0643. The molecule has 2 aromatic rings. The number of imidazole rings is 1. The smallest absolute Gasteiger partial charge is 0.272 e. The van der Waals surface area contributed by atoms with E-state index in [0.29, 0.717) is 25.4 Å². The second kappa shape index (κ2) is 5.92. The van der Waals surface area contributed by atoms with Crippen LogP contribution in [0.25, 0.3) is 0 Å². The monoisotopic (exact) mass is 287 g/mol. The van der Waals surface area contributed by atoms with E-state index in [2.05, 4.69) is 20.3 Å². The molecule has 110 valence electrons. The Balaban J connectivity index is 1.75. The minimum Gasteiger partial charge on any atom is -0.373 e. The maximum Gasteiger partial charge on any atom is 0.272 e. The van der Waals surface area contributed by atoms with Gasteiger partial charge in [0.15, 0.2) is 0 Å². The van der Waals surface area contributed by atoms with E-state index < -0.39 is 0 Å². The molecule has 7 nitrogen and oxygen atoms in total. The quantitative estimate of drug-likeness (QED) is 0.882. The van der Waals surface area contributed by atoms with Gasteiger partial charge in [-0.15, -0.1) is 0 Å². The summed E-state index contributed by atoms with van der Waals surface area (Å²) in [6.07, 6.45) is 2.83. The minimum atomic E-state index is -0.209. The molecule has 0 radical (unpaired) electrons. The standard InChI is InChI=1S/C14H17N5O2/c1-15-13-4-2-3-10(18-13)12-8-19(5-6-21-12)14(20)11-7-16-9-17-11/h2-4,7,9,12H,5-6,8H2,1H3,(H,15,18)(H,16,17)/t12-/m1/s1. The summed E-state index contributed by atoms with van der Waals surface area (Å²) in [4.78, 5) is 25.3. The van der Waals surface area contributed by atoms with Crippen LogP contribution in [0, 0.1) is 0 Å². The fourth-order valence-electron chi connectivity index (χ4n) is 2.33. The average Bonchev–Trinajstić information content (AvgIpc) is 3.09. The number of hydrogen-bond acceptors (Lipinski definition) is 5. The second-order valence-corrected chi connectivity index (χ2v) is 4.77. The number of aromatic nitrogens is 3. The van der Waals surface area contributed by atoms with E-state index >= 15 is 0 Å². The van der Waals surface area contributed by atoms with E-state index in [-0.39, 0.29) is 12.0 Å². The fraction of sp³-hybridized carbons (Fsp3) is 0.357. The topological polar surface area (TPSA) is 83.1 Å². The number of ether oxygens (including phenoxy) is 1. The second-order valence-electron chi connectivity index (χ2n) is 4.77. The van der Waals surface area contributed by atoms with Crippen LogP contribution in [-0.4, -0.2) is 52.5 Å². The van der Waals surface area contributed by atoms with Crippen LogP contribution >= 0.6 is 0 Å². The van der Waals surface area contributed by atoms with Gasteiger partial charge < -0.3 is 19.9 Å². The Kier molecular flexibility index (Phi) is 3.83. The third-order valence-corrected chi connectivity index (χ3v) is 3.44. The zero-order valence-corrected chi connectivity index (χ0v) is 11.7. The Morgan fingerprint density at radius 2 is 2.43 bits per heavy atom. The van der Waals surface area contributed by atoms with Crippen molar-refractivity contribution in [3.8, 4) is 0 Å². The van der Waals surface area contributed by atoms with Crippen molar-refractivity contribution in [3.63, 3.8) is 0 Å². The number of anilines is 1. The van der Waals surface area contributed by atoms with Crippen LogP contribution < -0.4 is 5.32 Å². The number of H-pyrrole nitrogens is 1. The predicted octanol–water partition coefficient (Wildman–Crippen LogP) is 1.06. The lowest BCUT2D eigenvalue weighted by Gasteiger charge is -2.32. The lowest BCUT2D eigenvalue weighted by atomic mass is 10.1. The number of amides is 1. The van der Waals surface area contributed by atoms with Gasteiger partial charge in [0.05, 0.1) is 31.4 Å². The van der Waals surface area contributed by atoms with E-state index in [0.717, 1.165) is 11.5 Å². The Bertz CT molecular complexity index is 614. The molecule has 21 heavy (non-hydrogen) atoms. The lowest BCUT2D eigenvalue weighted by molar-refractivity contribution is -0.0248. The van der Waals surface area contributed by atoms with E-state index in [4.69, 9.17) is 4.74 Å². The molecule has 0 aliphatic carbocycles. The zero-order valence-electron chi connectivity index (χ0n) is 11.7. The summed E-state index contributed by atoms with van der Waals surface area (Å²) < 4.78 is 5.75. The molecule has 3 heterocycles. The summed E-state index contributed by atoms with van der Waals surface area (Å²) in [5.74, 6) is 0.721. The zero-order chi connectivity index (χ0) is 14.7. The van der Waals surface area contributed by atoms with Crippen molar-refractivity contribution < 1.29 is 9.53 Å². The number of nitrogens with one attached hydrogen (secondary N) is 2. The molecule has 0 aromatic carbocycles. The molecule has 1 fully saturated rings. The van der Waals surface area contributed by atoms with Crippen LogP contribution in [0.15, 0.2) is 30.7 Å². The first-order chi connectivity index (χ1) is 10.3. The van der Waals surface area contributed by atoms with Gasteiger partial charge >= 0.3 is 0 Å². The van der Waals surface area contributed by atoms with Gasteiger partial charge in [-0.1, -0.05) is 6.07 Å². The Morgan fingerprint density at radius 1 is 1.52 bits per heavy atom. The van der Waals surface area contributed by atoms with Crippen LogP contribution in [0.3, 0.4) is 0 Å². The van der Waals surface area contributed by atoms with Gasteiger partial charge in [-0.3, -0.25) is 4.79 Å². The fourth-order valence-corrected chi connectivity index (χ4v) is 2.33. The number of rotatable bonds is 3. The number of nitrogens with zero attached hydrogens (tertiary/aromatic N) is 3. The molecule has 0 spiro atoms. The number of carbonyl (C=O) groups is 1. The molecule has 0 bridgehead atoms. The molecule has 7 heteroatoms. The first-order valence-corrected chi connectivity index (χ1v) is 6.82. The van der Waals surface area contributed by atoms with Crippen LogP contribution in [0.1, 0.15) is 22.3 Å². The van der Waals surface area contributed by atoms with Gasteiger partial charge in [-0.05, 0) is 12.1 Å². The normalized spacial score (nSPS) is 18.5.